The van der Waals surface area contributed by atoms with E-state index in [1.165, 1.54) is 4.90 Å². The zero-order chi connectivity index (χ0) is 16.9. The lowest BCUT2D eigenvalue weighted by molar-refractivity contribution is -0.122. The Morgan fingerprint density at radius 2 is 1.62 bits per heavy atom. The lowest BCUT2D eigenvalue weighted by atomic mass is 10.0. The highest BCUT2D eigenvalue weighted by molar-refractivity contribution is 6.13. The molecule has 1 N–H and O–H groups in total. The predicted molar refractivity (Wildman–Crippen MR) is 95.0 cm³/mol. The number of nitrogens with one attached hydrogen (secondary N) is 1. The van der Waals surface area contributed by atoms with E-state index in [4.69, 9.17) is 0 Å². The monoisotopic (exact) mass is 320 g/mol. The van der Waals surface area contributed by atoms with E-state index in [2.05, 4.69) is 17.4 Å². The summed E-state index contributed by atoms with van der Waals surface area (Å²) in [4.78, 5) is 25.4. The van der Waals surface area contributed by atoms with Crippen LogP contribution in [-0.4, -0.2) is 23.4 Å². The van der Waals surface area contributed by atoms with Crippen LogP contribution in [0.3, 0.4) is 0 Å². The molecule has 0 aromatic heterocycles. The molecular formula is C20H20N2O2. The second-order valence-electron chi connectivity index (χ2n) is 5.79. The highest BCUT2D eigenvalue weighted by atomic mass is 16.2. The van der Waals surface area contributed by atoms with Crippen LogP contribution in [0.25, 0.3) is 17.2 Å². The Labute approximate surface area is 141 Å². The van der Waals surface area contributed by atoms with E-state index in [9.17, 15) is 9.59 Å². The summed E-state index contributed by atoms with van der Waals surface area (Å²) in [7, 11) is 0. The Kier molecular flexibility index (Phi) is 4.75. The quantitative estimate of drug-likeness (QED) is 0.667. The maximum absolute atomic E-state index is 12.3. The first-order chi connectivity index (χ1) is 11.7. The topological polar surface area (TPSA) is 49.4 Å². The molecule has 122 valence electrons. The van der Waals surface area contributed by atoms with E-state index in [1.807, 2.05) is 49.4 Å². The van der Waals surface area contributed by atoms with E-state index >= 15 is 0 Å². The second kappa shape index (κ2) is 7.13. The predicted octanol–water partition coefficient (Wildman–Crippen LogP) is 4.05. The number of hydrogen-bond acceptors (Lipinski definition) is 2. The van der Waals surface area contributed by atoms with Gasteiger partial charge in [0.25, 0.3) is 5.91 Å². The minimum Gasteiger partial charge on any atom is -0.303 e. The van der Waals surface area contributed by atoms with Gasteiger partial charge in [0, 0.05) is 6.54 Å². The van der Waals surface area contributed by atoms with Gasteiger partial charge in [-0.3, -0.25) is 9.69 Å². The lowest BCUT2D eigenvalue weighted by Crippen LogP contribution is -2.31. The Morgan fingerprint density at radius 1 is 0.958 bits per heavy atom. The molecule has 1 saturated heterocycles. The summed E-state index contributed by atoms with van der Waals surface area (Å²) in [5, 5.41) is 2.66. The molecule has 0 aliphatic carbocycles. The fourth-order valence-corrected chi connectivity index (χ4v) is 2.66. The zero-order valence-electron chi connectivity index (χ0n) is 13.7. The molecular weight excluding hydrogens is 300 g/mol. The van der Waals surface area contributed by atoms with Crippen molar-refractivity contribution in [2.75, 3.05) is 6.54 Å². The van der Waals surface area contributed by atoms with Crippen LogP contribution in [-0.2, 0) is 4.79 Å². The van der Waals surface area contributed by atoms with Crippen molar-refractivity contribution in [3.63, 3.8) is 0 Å². The summed E-state index contributed by atoms with van der Waals surface area (Å²) < 4.78 is 0. The van der Waals surface area contributed by atoms with Gasteiger partial charge in [-0.2, -0.15) is 0 Å². The highest BCUT2D eigenvalue weighted by Gasteiger charge is 2.32. The number of imide groups is 1. The molecule has 0 spiro atoms. The van der Waals surface area contributed by atoms with Crippen molar-refractivity contribution in [1.29, 1.82) is 0 Å². The molecule has 1 aliphatic rings. The summed E-state index contributed by atoms with van der Waals surface area (Å²) in [5.74, 6) is -0.249. The van der Waals surface area contributed by atoms with Crippen LogP contribution < -0.4 is 5.32 Å². The molecule has 0 radical (unpaired) electrons. The number of urea groups is 1. The molecule has 1 heterocycles. The van der Waals surface area contributed by atoms with Crippen molar-refractivity contribution < 1.29 is 9.59 Å². The summed E-state index contributed by atoms with van der Waals surface area (Å²) in [6.07, 6.45) is 3.48. The molecule has 3 amide bonds. The van der Waals surface area contributed by atoms with Crippen LogP contribution in [0, 0.1) is 0 Å². The van der Waals surface area contributed by atoms with Crippen molar-refractivity contribution in [3.8, 4) is 11.1 Å². The van der Waals surface area contributed by atoms with Gasteiger partial charge >= 0.3 is 6.03 Å². The van der Waals surface area contributed by atoms with Gasteiger partial charge in [0.15, 0.2) is 0 Å². The second-order valence-corrected chi connectivity index (χ2v) is 5.79. The molecule has 0 unspecified atom stereocenters. The zero-order valence-corrected chi connectivity index (χ0v) is 13.7. The summed E-state index contributed by atoms with van der Waals surface area (Å²) in [6.45, 7) is 2.49. The molecule has 0 atom stereocenters. The first-order valence-electron chi connectivity index (χ1n) is 8.19. The molecule has 3 rings (SSSR count). The third-order valence-corrected chi connectivity index (χ3v) is 4.03. The number of carbonyl (C=O) groups is 2. The molecule has 24 heavy (non-hydrogen) atoms. The molecule has 0 saturated carbocycles. The van der Waals surface area contributed by atoms with Crippen LogP contribution in [0.5, 0.6) is 0 Å². The first kappa shape index (κ1) is 16.0. The van der Waals surface area contributed by atoms with Crippen molar-refractivity contribution in [2.45, 2.75) is 19.8 Å². The van der Waals surface area contributed by atoms with Crippen LogP contribution in [0.15, 0.2) is 60.3 Å². The van der Waals surface area contributed by atoms with Gasteiger partial charge in [-0.05, 0) is 29.2 Å². The number of nitrogens with zero attached hydrogens (tertiary/aromatic N) is 1. The van der Waals surface area contributed by atoms with E-state index in [0.717, 1.165) is 29.5 Å². The van der Waals surface area contributed by atoms with Crippen LogP contribution in [0.1, 0.15) is 25.3 Å². The van der Waals surface area contributed by atoms with Gasteiger partial charge in [0.05, 0.1) is 0 Å². The smallest absolute Gasteiger partial charge is 0.303 e. The Balaban J connectivity index is 1.77. The van der Waals surface area contributed by atoms with E-state index in [-0.39, 0.29) is 11.9 Å². The molecule has 0 bridgehead atoms. The van der Waals surface area contributed by atoms with Crippen LogP contribution in [0.2, 0.25) is 0 Å². The van der Waals surface area contributed by atoms with Gasteiger partial charge in [-0.1, -0.05) is 67.9 Å². The van der Waals surface area contributed by atoms with Gasteiger partial charge in [-0.25, -0.2) is 4.79 Å². The summed E-state index contributed by atoms with van der Waals surface area (Å²) in [5.41, 5.74) is 3.48. The SMILES string of the molecule is CCCCN1C(=O)N/C(=C\c2ccc(-c3ccccc3)cc2)C1=O. The van der Waals surface area contributed by atoms with Gasteiger partial charge in [-0.15, -0.1) is 0 Å². The lowest BCUT2D eigenvalue weighted by Gasteiger charge is -2.09. The number of unbranched alkanes of at least 4 members (excludes halogenated alkanes) is 1. The van der Waals surface area contributed by atoms with Crippen LogP contribution >= 0.6 is 0 Å². The molecule has 1 fully saturated rings. The van der Waals surface area contributed by atoms with Crippen molar-refractivity contribution in [2.24, 2.45) is 0 Å². The fourth-order valence-electron chi connectivity index (χ4n) is 2.66. The fraction of sp³-hybridized carbons (Fsp3) is 0.200. The number of hydrogen-bond donors (Lipinski definition) is 1. The Morgan fingerprint density at radius 3 is 2.29 bits per heavy atom. The highest BCUT2D eigenvalue weighted by Crippen LogP contribution is 2.21. The Bertz CT molecular complexity index is 764. The van der Waals surface area contributed by atoms with Gasteiger partial charge in [0.1, 0.15) is 5.70 Å². The minimum absolute atomic E-state index is 0.249. The third-order valence-electron chi connectivity index (χ3n) is 4.03. The molecule has 4 heteroatoms. The molecule has 2 aromatic rings. The maximum Gasteiger partial charge on any atom is 0.329 e. The minimum atomic E-state index is -0.333. The number of amides is 3. The van der Waals surface area contributed by atoms with Crippen molar-refractivity contribution in [3.05, 3.63) is 65.9 Å². The summed E-state index contributed by atoms with van der Waals surface area (Å²) >= 11 is 0. The van der Waals surface area contributed by atoms with Crippen molar-refractivity contribution >= 4 is 18.0 Å². The van der Waals surface area contributed by atoms with E-state index in [0.29, 0.717) is 12.2 Å². The maximum atomic E-state index is 12.3. The van der Waals surface area contributed by atoms with E-state index in [1.54, 1.807) is 6.08 Å². The number of carbonyl (C=O) groups excluding carboxylic acids is 2. The van der Waals surface area contributed by atoms with Gasteiger partial charge < -0.3 is 5.32 Å². The molecule has 1 aliphatic heterocycles. The normalized spacial score (nSPS) is 15.9. The average molecular weight is 320 g/mol. The average Bonchev–Trinajstić information content (AvgIpc) is 2.88. The van der Waals surface area contributed by atoms with Crippen molar-refractivity contribution in [1.82, 2.24) is 10.2 Å². The standard InChI is InChI=1S/C20H20N2O2/c1-2-3-13-22-19(23)18(21-20(22)24)14-15-9-11-17(12-10-15)16-7-5-4-6-8-16/h4-12,14H,2-3,13H2,1H3,(H,21,24)/b18-14-. The van der Waals surface area contributed by atoms with Gasteiger partial charge in [0.2, 0.25) is 0 Å². The first-order valence-corrected chi connectivity index (χ1v) is 8.19. The van der Waals surface area contributed by atoms with Crippen LogP contribution in [0.4, 0.5) is 4.79 Å². The Hall–Kier alpha value is -2.88. The number of rotatable bonds is 5. The summed E-state index contributed by atoms with van der Waals surface area (Å²) in [6, 6.07) is 17.7. The molecule has 2 aromatic carbocycles. The molecule has 4 nitrogen and oxygen atoms in total. The number of benzene rings is 2. The van der Waals surface area contributed by atoms with E-state index < -0.39 is 0 Å². The largest absolute Gasteiger partial charge is 0.329 e. The third kappa shape index (κ3) is 3.38.